The van der Waals surface area contributed by atoms with Crippen molar-refractivity contribution in [3.05, 3.63) is 0 Å². The molecule has 0 heterocycles. The van der Waals surface area contributed by atoms with E-state index in [1.165, 1.54) is 40.2 Å². The van der Waals surface area contributed by atoms with Crippen LogP contribution >= 0.6 is 37.0 Å². The van der Waals surface area contributed by atoms with E-state index in [4.69, 9.17) is 14.4 Å². The molecule has 0 bridgehead atoms. The largest absolute Gasteiger partial charge is 0.281 e. The second-order valence-corrected chi connectivity index (χ2v) is 4.18. The van der Waals surface area contributed by atoms with E-state index in [0.29, 0.717) is 0 Å². The molecule has 0 aliphatic heterocycles. The fraction of sp³-hybridized carbons (Fsp3) is 0.667. The van der Waals surface area contributed by atoms with Crippen LogP contribution in [0.25, 0.3) is 0 Å². The Kier molecular flexibility index (Phi) is 140. The maximum atomic E-state index is 7.50. The van der Waals surface area contributed by atoms with Crippen molar-refractivity contribution in [1.29, 1.82) is 0 Å². The zero-order valence-electron chi connectivity index (χ0n) is 9.13. The van der Waals surface area contributed by atoms with E-state index in [1.807, 2.05) is 23.5 Å². The number of hydrogen-bond acceptors (Lipinski definition) is 5. The van der Waals surface area contributed by atoms with Crippen LogP contribution in [0.2, 0.25) is 0 Å². The second kappa shape index (κ2) is 74.5. The monoisotopic (exact) mass is 500 g/mol. The molecule has 0 spiro atoms. The first-order chi connectivity index (χ1) is 7.91. The third kappa shape index (κ3) is 83.2. The van der Waals surface area contributed by atoms with Crippen LogP contribution in [0.5, 0.6) is 0 Å². The topological polar surface area (TPSA) is 51.2 Å². The number of rotatable bonds is 5. The van der Waals surface area contributed by atoms with Gasteiger partial charge in [-0.25, -0.2) is 0 Å². The Morgan fingerprint density at radius 2 is 1.00 bits per heavy atom. The summed E-state index contributed by atoms with van der Waals surface area (Å²) in [5, 5.41) is 0. The average molecular weight is 500 g/mol. The van der Waals surface area contributed by atoms with E-state index in [0.717, 1.165) is 0 Å². The summed E-state index contributed by atoms with van der Waals surface area (Å²) in [6.07, 6.45) is 0. The third-order valence-corrected chi connectivity index (χ3v) is 2.84. The summed E-state index contributed by atoms with van der Waals surface area (Å²) in [5.74, 6) is 5.19. The van der Waals surface area contributed by atoms with E-state index in [9.17, 15) is 0 Å². The van der Waals surface area contributed by atoms with Crippen LogP contribution in [-0.4, -0.2) is 43.4 Å². The van der Waals surface area contributed by atoms with Crippen LogP contribution in [0.1, 0.15) is 13.8 Å². The fourth-order valence-electron chi connectivity index (χ4n) is 0.407. The maximum absolute atomic E-state index is 7.50. The molecule has 0 aliphatic carbocycles. The van der Waals surface area contributed by atoms with Crippen molar-refractivity contribution in [3.63, 3.8) is 0 Å². The van der Waals surface area contributed by atoms with Gasteiger partial charge in [0, 0.05) is 11.5 Å². The molecule has 3 nitrogen and oxygen atoms in total. The Morgan fingerprint density at radius 3 is 1.12 bits per heavy atom. The molecule has 0 unspecified atom stereocenters. The molecule has 7 heteroatoms. The summed E-state index contributed by atoms with van der Waals surface area (Å²) in [4.78, 5) is 22.5. The van der Waals surface area contributed by atoms with Gasteiger partial charge in [-0.15, -0.1) is 0 Å². The Morgan fingerprint density at radius 1 is 0.812 bits per heavy atom. The van der Waals surface area contributed by atoms with Gasteiger partial charge in [0.1, 0.15) is 0 Å². The third-order valence-electron chi connectivity index (χ3n) is 0.780. The van der Waals surface area contributed by atoms with Crippen LogP contribution in [0.15, 0.2) is 0 Å². The number of hydrogen-bond donors (Lipinski definition) is 0. The van der Waals surface area contributed by atoms with Gasteiger partial charge in [0.05, 0.1) is 0 Å². The fourth-order valence-corrected chi connectivity index (χ4v) is 1.93. The Balaban J connectivity index is -0.0000000426. The normalized spacial score (nSPS) is 6.00. The zero-order valence-corrected chi connectivity index (χ0v) is 15.1. The predicted octanol–water partition coefficient (Wildman–Crippen LogP) is 2.14. The maximum Gasteiger partial charge on any atom is 0.281 e. The van der Waals surface area contributed by atoms with Crippen molar-refractivity contribution in [2.75, 3.05) is 23.0 Å². The standard InChI is InChI=1S/C6H14S2.3CO.BrH.Re/c1-3-7-5-6-8-4-2;3*1-2;;/h3-6H2,1-2H3;;;;1H;/q;;;;;+1/p-1. The first-order valence-electron chi connectivity index (χ1n) is 3.82. The molecular weight excluding hydrogens is 486 g/mol. The average Bonchev–Trinajstić information content (AvgIpc) is 2.44. The molecule has 0 aliphatic rings. The van der Waals surface area contributed by atoms with Crippen molar-refractivity contribution in [2.24, 2.45) is 0 Å². The number of thioether (sulfide) groups is 2. The molecule has 0 N–H and O–H groups in total. The molecule has 0 fully saturated rings. The first kappa shape index (κ1) is 30.1. The summed E-state index contributed by atoms with van der Waals surface area (Å²) in [6.45, 7) is 17.9. The molecule has 0 amide bonds. The van der Waals surface area contributed by atoms with Gasteiger partial charge in [0.25, 0.3) is 20.4 Å². The Labute approximate surface area is 125 Å². The van der Waals surface area contributed by atoms with E-state index in [2.05, 4.69) is 47.6 Å². The van der Waals surface area contributed by atoms with Crippen LogP contribution in [0, 0.1) is 0 Å². The predicted molar refractivity (Wildman–Crippen MR) is 72.0 cm³/mol. The minimum atomic E-state index is 1.27. The van der Waals surface area contributed by atoms with Gasteiger partial charge in [-0.05, 0) is 11.5 Å². The van der Waals surface area contributed by atoms with Crippen molar-refractivity contribution >= 4 is 57.3 Å². The van der Waals surface area contributed by atoms with Crippen LogP contribution in [0.4, 0.5) is 0 Å². The van der Waals surface area contributed by atoms with Crippen LogP contribution in [0.3, 0.4) is 0 Å². The van der Waals surface area contributed by atoms with Crippen molar-refractivity contribution in [1.82, 2.24) is 0 Å². The van der Waals surface area contributed by atoms with Crippen LogP contribution in [-0.2, 0) is 31.6 Å². The van der Waals surface area contributed by atoms with Gasteiger partial charge in [-0.1, -0.05) is 13.8 Å². The van der Waals surface area contributed by atoms with E-state index < -0.39 is 0 Å². The Bertz CT molecular complexity index is 75.0. The summed E-state index contributed by atoms with van der Waals surface area (Å²) >= 11 is 8.58. The van der Waals surface area contributed by atoms with Gasteiger partial charge in [0.15, 0.2) is 0 Å². The van der Waals surface area contributed by atoms with E-state index in [1.54, 1.807) is 0 Å². The van der Waals surface area contributed by atoms with Crippen LogP contribution < -0.4 is 0 Å². The number of halogens is 1. The van der Waals surface area contributed by atoms with Gasteiger partial charge in [-0.2, -0.15) is 23.5 Å². The molecule has 0 atom stereocenters. The SMILES string of the molecule is CCSCCSCC.[Br][Re].[C]=O.[C]=O.[C]=O. The quantitative estimate of drug-likeness (QED) is 0.542. The molecule has 0 aromatic rings. The summed E-state index contributed by atoms with van der Waals surface area (Å²) in [5.41, 5.74) is 0. The molecule has 0 aromatic heterocycles. The molecule has 16 heavy (non-hydrogen) atoms. The molecule has 0 rings (SSSR count). The van der Waals surface area contributed by atoms with Crippen molar-refractivity contribution in [2.45, 2.75) is 13.8 Å². The van der Waals surface area contributed by atoms with E-state index >= 15 is 0 Å². The smallest absolute Gasteiger partial charge is 0.281 e. The molecule has 6 radical (unpaired) electrons. The summed E-state index contributed by atoms with van der Waals surface area (Å²) < 4.78 is 0. The molecule has 0 saturated carbocycles. The zero-order chi connectivity index (χ0) is 14.2. The van der Waals surface area contributed by atoms with Gasteiger partial charge in [0.2, 0.25) is 0 Å². The molecule has 0 aromatic carbocycles. The summed E-state index contributed by atoms with van der Waals surface area (Å²) in [6, 6.07) is 0. The van der Waals surface area contributed by atoms with Crippen molar-refractivity contribution in [3.8, 4) is 0 Å². The Hall–Kier alpha value is 0.852. The van der Waals surface area contributed by atoms with Gasteiger partial charge in [-0.3, -0.25) is 14.4 Å². The van der Waals surface area contributed by atoms with Gasteiger partial charge >= 0.3 is 30.6 Å². The molecule has 0 saturated heterocycles. The molecular formula is C9H14BrO3ReS2. The van der Waals surface area contributed by atoms with E-state index in [-0.39, 0.29) is 0 Å². The molecule has 94 valence electrons. The van der Waals surface area contributed by atoms with Gasteiger partial charge < -0.3 is 0 Å². The summed E-state index contributed by atoms with van der Waals surface area (Å²) in [7, 11) is 0. The minimum Gasteiger partial charge on any atom is -0.281 e. The van der Waals surface area contributed by atoms with Crippen molar-refractivity contribution < 1.29 is 31.6 Å². The number of carbonyl (C=O) groups excluding carboxylic acids is 3. The minimum absolute atomic E-state index is 1.27. The first-order valence-corrected chi connectivity index (χ1v) is 12.1. The second-order valence-electron chi connectivity index (χ2n) is 1.39.